The van der Waals surface area contributed by atoms with Gasteiger partial charge in [0.05, 0.1) is 31.7 Å². The highest BCUT2D eigenvalue weighted by Crippen LogP contribution is 2.43. The van der Waals surface area contributed by atoms with Gasteiger partial charge in [0.25, 0.3) is 0 Å². The van der Waals surface area contributed by atoms with Crippen molar-refractivity contribution in [1.82, 2.24) is 0 Å². The fourth-order valence-electron chi connectivity index (χ4n) is 5.49. The Morgan fingerprint density at radius 3 is 1.74 bits per heavy atom. The normalized spacial score (nSPS) is 15.2. The average Bonchev–Trinajstić information content (AvgIpc) is 3.15. The first-order valence-electron chi connectivity index (χ1n) is 21.0. The summed E-state index contributed by atoms with van der Waals surface area (Å²) in [5.41, 5.74) is 5.35. The van der Waals surface area contributed by atoms with Crippen LogP contribution >= 0.6 is 7.82 Å². The molecular formula is C43H78NO9P. The summed E-state index contributed by atoms with van der Waals surface area (Å²) >= 11 is 0. The quantitative estimate of drug-likeness (QED) is 0.0155. The minimum atomic E-state index is -4.32. The molecule has 314 valence electrons. The lowest BCUT2D eigenvalue weighted by molar-refractivity contribution is -0.147. The maximum Gasteiger partial charge on any atom is 0.472 e. The van der Waals surface area contributed by atoms with Crippen LogP contribution in [0, 0.1) is 0 Å². The van der Waals surface area contributed by atoms with Crippen molar-refractivity contribution in [2.45, 2.75) is 180 Å². The zero-order chi connectivity index (χ0) is 39.8. The van der Waals surface area contributed by atoms with Gasteiger partial charge in [-0.15, -0.1) is 0 Å². The van der Waals surface area contributed by atoms with Crippen LogP contribution in [0.3, 0.4) is 0 Å². The Labute approximate surface area is 329 Å². The van der Waals surface area contributed by atoms with Crippen LogP contribution in [0.5, 0.6) is 0 Å². The van der Waals surface area contributed by atoms with E-state index in [1.807, 2.05) is 36.5 Å². The van der Waals surface area contributed by atoms with Crippen molar-refractivity contribution in [3.05, 3.63) is 60.9 Å². The maximum absolute atomic E-state index is 12.4. The molecule has 0 heterocycles. The Hall–Kier alpha value is -2.04. The highest BCUT2D eigenvalue weighted by Gasteiger charge is 2.24. The molecule has 0 saturated carbocycles. The van der Waals surface area contributed by atoms with Gasteiger partial charge in [0.2, 0.25) is 0 Å². The lowest BCUT2D eigenvalue weighted by Gasteiger charge is -2.19. The number of hydrogen-bond donors (Lipinski definition) is 4. The third-order valence-electron chi connectivity index (χ3n) is 8.73. The van der Waals surface area contributed by atoms with Crippen molar-refractivity contribution in [2.75, 3.05) is 26.4 Å². The number of ether oxygens (including phenoxy) is 2. The fraction of sp³-hybridized carbons (Fsp3) is 0.744. The van der Waals surface area contributed by atoms with Crippen molar-refractivity contribution < 1.29 is 43.0 Å². The maximum atomic E-state index is 12.4. The Bertz CT molecular complexity index is 1050. The Morgan fingerprint density at radius 2 is 1.19 bits per heavy atom. The third-order valence-corrected chi connectivity index (χ3v) is 9.72. The molecule has 10 nitrogen and oxygen atoms in total. The zero-order valence-corrected chi connectivity index (χ0v) is 34.8. The Kier molecular flexibility index (Phi) is 37.7. The van der Waals surface area contributed by atoms with Gasteiger partial charge in [0, 0.05) is 13.0 Å². The minimum absolute atomic E-state index is 0.0661. The van der Waals surface area contributed by atoms with E-state index in [2.05, 4.69) is 13.8 Å². The van der Waals surface area contributed by atoms with Crippen molar-refractivity contribution in [3.8, 4) is 0 Å². The van der Waals surface area contributed by atoms with Crippen LogP contribution in [0.2, 0.25) is 0 Å². The molecule has 4 atom stereocenters. The van der Waals surface area contributed by atoms with E-state index in [1.165, 1.54) is 83.3 Å². The average molecular weight is 784 g/mol. The number of esters is 1. The van der Waals surface area contributed by atoms with Gasteiger partial charge in [0.15, 0.2) is 6.10 Å². The molecule has 0 amide bonds. The van der Waals surface area contributed by atoms with E-state index < -0.39 is 32.1 Å². The molecule has 0 aromatic rings. The van der Waals surface area contributed by atoms with Crippen molar-refractivity contribution in [1.29, 1.82) is 0 Å². The minimum Gasteiger partial charge on any atom is -0.492 e. The number of phosphoric ester groups is 1. The number of allylic oxidation sites excluding steroid dienone is 7. The summed E-state index contributed by atoms with van der Waals surface area (Å²) in [4.78, 5) is 22.3. The number of rotatable bonds is 39. The molecule has 0 aliphatic rings. The first kappa shape index (κ1) is 52.0. The zero-order valence-electron chi connectivity index (χ0n) is 33.9. The first-order chi connectivity index (χ1) is 26.2. The van der Waals surface area contributed by atoms with Crippen molar-refractivity contribution in [3.63, 3.8) is 0 Å². The molecule has 0 rings (SSSR count). The molecule has 11 heteroatoms. The molecule has 1 unspecified atom stereocenters. The highest BCUT2D eigenvalue weighted by atomic mass is 31.2. The van der Waals surface area contributed by atoms with Gasteiger partial charge in [-0.1, -0.05) is 165 Å². The number of aliphatic hydroxyl groups is 2. The number of carbonyl (C=O) groups excluding carboxylic acids is 1. The number of carbonyl (C=O) groups is 1. The third kappa shape index (κ3) is 38.2. The summed E-state index contributed by atoms with van der Waals surface area (Å²) < 4.78 is 33.0. The number of phosphoric acid groups is 1. The molecular weight excluding hydrogens is 705 g/mol. The second-order valence-corrected chi connectivity index (χ2v) is 15.4. The van der Waals surface area contributed by atoms with E-state index in [9.17, 15) is 24.5 Å². The van der Waals surface area contributed by atoms with Crippen molar-refractivity contribution >= 4 is 13.8 Å². The summed E-state index contributed by atoms with van der Waals surface area (Å²) in [5, 5.41) is 20.1. The van der Waals surface area contributed by atoms with Gasteiger partial charge in [-0.25, -0.2) is 4.57 Å². The second kappa shape index (κ2) is 39.2. The van der Waals surface area contributed by atoms with Gasteiger partial charge >= 0.3 is 13.8 Å². The molecule has 0 bridgehead atoms. The number of aliphatic hydroxyl groups excluding tert-OH is 2. The first-order valence-corrected chi connectivity index (χ1v) is 22.5. The SMILES string of the molecule is CCCCCCCCCCCCCCCC/C=C/O[C@H](COC(=O)CCC[C@@H](O)/C=C/C=C\C/C=C\C=C\[C@@H](O)CCCCC)COP(=O)(O)OCCN. The van der Waals surface area contributed by atoms with Crippen LogP contribution < -0.4 is 5.73 Å². The monoisotopic (exact) mass is 784 g/mol. The smallest absolute Gasteiger partial charge is 0.472 e. The van der Waals surface area contributed by atoms with Crippen LogP contribution in [-0.4, -0.2) is 65.8 Å². The predicted octanol–water partition coefficient (Wildman–Crippen LogP) is 10.5. The largest absolute Gasteiger partial charge is 0.492 e. The number of nitrogens with two attached hydrogens (primary N) is 1. The van der Waals surface area contributed by atoms with Crippen LogP contribution in [0.1, 0.15) is 162 Å². The molecule has 0 fully saturated rings. The lowest BCUT2D eigenvalue weighted by Crippen LogP contribution is -2.25. The summed E-state index contributed by atoms with van der Waals surface area (Å²) in [6, 6.07) is 0. The van der Waals surface area contributed by atoms with Gasteiger partial charge in [-0.2, -0.15) is 0 Å². The van der Waals surface area contributed by atoms with E-state index in [1.54, 1.807) is 18.2 Å². The van der Waals surface area contributed by atoms with Gasteiger partial charge in [-0.05, 0) is 44.6 Å². The van der Waals surface area contributed by atoms with Gasteiger partial charge in [-0.3, -0.25) is 13.8 Å². The summed E-state index contributed by atoms with van der Waals surface area (Å²) in [5.74, 6) is -0.466. The summed E-state index contributed by atoms with van der Waals surface area (Å²) in [7, 11) is -4.32. The standard InChI is InChI=1S/C43H78NO9P/c1-3-5-7-8-9-10-11-12-13-14-15-16-17-21-24-28-36-50-42(39-53-54(48,49)52-37-35-44)38-51-43(47)34-29-33-41(46)32-27-23-20-18-19-22-26-31-40(45)30-25-6-4-2/h19-20,22-23,26-28,31-32,36,40-42,45-46H,3-18,21,24-25,29-30,33-35,37-39,44H2,1-2H3,(H,48,49)/b22-19-,23-20-,31-26+,32-27+,36-28+/t40-,41-,42+/m0/s1. The van der Waals surface area contributed by atoms with Crippen LogP contribution in [0.25, 0.3) is 0 Å². The van der Waals surface area contributed by atoms with Crippen LogP contribution in [-0.2, 0) is 27.9 Å². The second-order valence-electron chi connectivity index (χ2n) is 14.0. The molecule has 5 N–H and O–H groups in total. The topological polar surface area (TPSA) is 158 Å². The van der Waals surface area contributed by atoms with Crippen molar-refractivity contribution in [2.24, 2.45) is 5.73 Å². The predicted molar refractivity (Wildman–Crippen MR) is 222 cm³/mol. The van der Waals surface area contributed by atoms with Crippen LogP contribution in [0.15, 0.2) is 60.9 Å². The highest BCUT2D eigenvalue weighted by molar-refractivity contribution is 7.47. The molecule has 0 aromatic carbocycles. The van der Waals surface area contributed by atoms with Gasteiger partial charge in [0.1, 0.15) is 6.61 Å². The summed E-state index contributed by atoms with van der Waals surface area (Å²) in [6.07, 6.45) is 41.2. The van der Waals surface area contributed by atoms with Gasteiger partial charge < -0.3 is 30.3 Å². The molecule has 0 saturated heterocycles. The molecule has 0 spiro atoms. The van der Waals surface area contributed by atoms with E-state index in [0.29, 0.717) is 12.8 Å². The fourth-order valence-corrected chi connectivity index (χ4v) is 6.25. The van der Waals surface area contributed by atoms with E-state index in [-0.39, 0.29) is 32.8 Å². The number of unbranched alkanes of at least 4 members (excludes halogenated alkanes) is 16. The molecule has 54 heavy (non-hydrogen) atoms. The molecule has 0 radical (unpaired) electrons. The molecule has 0 aliphatic carbocycles. The molecule has 0 aromatic heterocycles. The molecule has 0 aliphatic heterocycles. The lowest BCUT2D eigenvalue weighted by atomic mass is 10.0. The Morgan fingerprint density at radius 1 is 0.667 bits per heavy atom. The Balaban J connectivity index is 4.35. The number of hydrogen-bond acceptors (Lipinski definition) is 9. The van der Waals surface area contributed by atoms with E-state index >= 15 is 0 Å². The summed E-state index contributed by atoms with van der Waals surface area (Å²) in [6.45, 7) is 3.85. The van der Waals surface area contributed by atoms with E-state index in [0.717, 1.165) is 51.4 Å². The van der Waals surface area contributed by atoms with E-state index in [4.69, 9.17) is 24.3 Å². The van der Waals surface area contributed by atoms with Crippen LogP contribution in [0.4, 0.5) is 0 Å².